The molecule has 2 aromatic rings. The minimum Gasteiger partial charge on any atom is -0.394 e. The molecular weight excluding hydrogens is 445 g/mol. The minimum absolute atomic E-state index is 0.0273. The summed E-state index contributed by atoms with van der Waals surface area (Å²) in [5.74, 6) is -0.0698. The molecule has 0 aliphatic heterocycles. The number of imidazole rings is 1. The maximum atomic E-state index is 12.6. The molecule has 0 radical (unpaired) electrons. The van der Waals surface area contributed by atoms with Gasteiger partial charge in [0.15, 0.2) is 11.6 Å². The first-order chi connectivity index (χ1) is 14.8. The lowest BCUT2D eigenvalue weighted by Gasteiger charge is -2.36. The van der Waals surface area contributed by atoms with Gasteiger partial charge in [-0.25, -0.2) is 4.98 Å². The van der Waals surface area contributed by atoms with Crippen LogP contribution in [0.1, 0.15) is 53.2 Å². The Balaban J connectivity index is 2.21. The fourth-order valence-corrected chi connectivity index (χ4v) is 4.29. The molecule has 0 spiro atoms. The Hall–Kier alpha value is -1.86. The van der Waals surface area contributed by atoms with E-state index in [-0.39, 0.29) is 36.4 Å². The molecular formula is C18H33N5O8P+. The SMILES string of the molecule is CCC(C)(CCO[C@H]([C@H](O)CO)n1cnc2c(N)[n+](O)cnc21)OP(=O)(O)C(C)(O)CC. The van der Waals surface area contributed by atoms with Crippen molar-refractivity contribution in [1.82, 2.24) is 14.5 Å². The van der Waals surface area contributed by atoms with Crippen LogP contribution < -0.4 is 10.5 Å². The lowest BCUT2D eigenvalue weighted by atomic mass is 10.0. The third-order valence-electron chi connectivity index (χ3n) is 5.63. The standard InChI is InChI=1S/C18H32N5O8P/c1-5-17(3,31-32(28,29)18(4,26)6-2)7-8-30-16(12(25)9-24)22-10-20-13-14(19)23(27)11-21-15(13)22/h10-12,16,19,24-27H,5-9H2,1-4H3,(H,28,29)/p+1/t12-,16-,17?,18?/m1/s1. The number of anilines is 1. The third kappa shape index (κ3) is 5.37. The van der Waals surface area contributed by atoms with Crippen molar-refractivity contribution in [2.75, 3.05) is 18.9 Å². The highest BCUT2D eigenvalue weighted by Crippen LogP contribution is 2.58. The summed E-state index contributed by atoms with van der Waals surface area (Å²) in [4.78, 5) is 18.4. The highest BCUT2D eigenvalue weighted by Gasteiger charge is 2.46. The zero-order valence-electron chi connectivity index (χ0n) is 18.6. The van der Waals surface area contributed by atoms with E-state index in [0.717, 1.165) is 6.33 Å². The average molecular weight is 478 g/mol. The van der Waals surface area contributed by atoms with E-state index >= 15 is 0 Å². The summed E-state index contributed by atoms with van der Waals surface area (Å²) in [5.41, 5.74) is 5.04. The highest BCUT2D eigenvalue weighted by atomic mass is 31.2. The van der Waals surface area contributed by atoms with Crippen molar-refractivity contribution in [2.24, 2.45) is 0 Å². The Labute approximate surface area is 185 Å². The third-order valence-corrected chi connectivity index (χ3v) is 7.85. The molecule has 0 saturated heterocycles. The second kappa shape index (κ2) is 9.96. The Morgan fingerprint density at radius 1 is 1.31 bits per heavy atom. The van der Waals surface area contributed by atoms with Crippen LogP contribution in [-0.2, 0) is 13.8 Å². The van der Waals surface area contributed by atoms with Gasteiger partial charge in [0.25, 0.3) is 12.1 Å². The quantitative estimate of drug-likeness (QED) is 0.139. The number of hydrogen-bond acceptors (Lipinski definition) is 10. The van der Waals surface area contributed by atoms with Gasteiger partial charge in [0.2, 0.25) is 11.2 Å². The molecule has 0 aliphatic rings. The second-order valence-electron chi connectivity index (χ2n) is 8.05. The van der Waals surface area contributed by atoms with Crippen molar-refractivity contribution in [3.8, 4) is 0 Å². The molecule has 0 fully saturated rings. The van der Waals surface area contributed by atoms with Crippen molar-refractivity contribution >= 4 is 24.6 Å². The predicted octanol–water partition coefficient (Wildman–Crippen LogP) is 0.286. The van der Waals surface area contributed by atoms with E-state index < -0.39 is 37.5 Å². The van der Waals surface area contributed by atoms with Gasteiger partial charge in [0, 0.05) is 6.42 Å². The minimum atomic E-state index is -4.37. The first kappa shape index (κ1) is 26.4. The van der Waals surface area contributed by atoms with Gasteiger partial charge in [0.05, 0.1) is 18.8 Å². The molecule has 0 saturated carbocycles. The van der Waals surface area contributed by atoms with Crippen LogP contribution in [0.15, 0.2) is 12.7 Å². The van der Waals surface area contributed by atoms with Crippen LogP contribution in [-0.4, -0.2) is 70.2 Å². The number of nitrogens with two attached hydrogens (primary N) is 1. The van der Waals surface area contributed by atoms with E-state index in [1.807, 2.05) is 0 Å². The fourth-order valence-electron chi connectivity index (χ4n) is 2.88. The molecule has 182 valence electrons. The van der Waals surface area contributed by atoms with Crippen molar-refractivity contribution < 1.29 is 44.0 Å². The van der Waals surface area contributed by atoms with Gasteiger partial charge in [-0.2, -0.15) is 0 Å². The largest absolute Gasteiger partial charge is 0.394 e. The summed E-state index contributed by atoms with van der Waals surface area (Å²) in [7, 11) is -4.37. The molecule has 5 atom stereocenters. The summed E-state index contributed by atoms with van der Waals surface area (Å²) in [6.45, 7) is 5.54. The first-order valence-corrected chi connectivity index (χ1v) is 11.8. The molecule has 0 aromatic carbocycles. The number of hydrogen-bond donors (Lipinski definition) is 6. The Bertz CT molecular complexity index is 970. The van der Waals surface area contributed by atoms with E-state index in [1.165, 1.54) is 17.8 Å². The smallest absolute Gasteiger partial charge is 0.359 e. The number of fused-ring (bicyclic) bond motifs is 1. The van der Waals surface area contributed by atoms with E-state index in [9.17, 15) is 30.0 Å². The Kier molecular flexibility index (Phi) is 8.21. The van der Waals surface area contributed by atoms with Gasteiger partial charge in [-0.3, -0.25) is 9.13 Å². The molecule has 32 heavy (non-hydrogen) atoms. The molecule has 7 N–H and O–H groups in total. The molecule has 13 nitrogen and oxygen atoms in total. The van der Waals surface area contributed by atoms with Crippen LogP contribution in [0.25, 0.3) is 11.2 Å². The van der Waals surface area contributed by atoms with Crippen LogP contribution in [0.2, 0.25) is 0 Å². The van der Waals surface area contributed by atoms with Gasteiger partial charge < -0.3 is 40.4 Å². The van der Waals surface area contributed by atoms with Gasteiger partial charge in [0.1, 0.15) is 12.4 Å². The van der Waals surface area contributed by atoms with E-state index in [0.29, 0.717) is 11.2 Å². The van der Waals surface area contributed by atoms with Crippen LogP contribution in [0.4, 0.5) is 5.82 Å². The van der Waals surface area contributed by atoms with E-state index in [2.05, 4.69) is 9.97 Å². The molecule has 0 amide bonds. The normalized spacial score (nSPS) is 19.8. The topological polar surface area (TPSA) is 197 Å². The Morgan fingerprint density at radius 3 is 2.53 bits per heavy atom. The number of aliphatic hydroxyl groups excluding tert-OH is 2. The van der Waals surface area contributed by atoms with Gasteiger partial charge in [-0.1, -0.05) is 23.6 Å². The molecule has 0 bridgehead atoms. The Morgan fingerprint density at radius 2 is 1.97 bits per heavy atom. The number of rotatable bonds is 12. The van der Waals surface area contributed by atoms with Crippen LogP contribution >= 0.6 is 7.60 Å². The van der Waals surface area contributed by atoms with Crippen LogP contribution in [0.5, 0.6) is 0 Å². The number of nitrogen functional groups attached to an aromatic ring is 1. The maximum absolute atomic E-state index is 12.6. The van der Waals surface area contributed by atoms with Gasteiger partial charge in [-0.05, 0) is 26.7 Å². The summed E-state index contributed by atoms with van der Waals surface area (Å²) < 4.78 is 25.8. The second-order valence-corrected chi connectivity index (χ2v) is 10.2. The van der Waals surface area contributed by atoms with Crippen molar-refractivity contribution in [1.29, 1.82) is 0 Å². The maximum Gasteiger partial charge on any atom is 0.359 e. The zero-order chi connectivity index (χ0) is 24.3. The molecule has 14 heteroatoms. The van der Waals surface area contributed by atoms with E-state index in [4.69, 9.17) is 15.0 Å². The van der Waals surface area contributed by atoms with Crippen LogP contribution in [0, 0.1) is 0 Å². The van der Waals surface area contributed by atoms with Gasteiger partial charge in [-0.15, -0.1) is 0 Å². The van der Waals surface area contributed by atoms with Gasteiger partial charge >= 0.3 is 7.60 Å². The van der Waals surface area contributed by atoms with Crippen molar-refractivity contribution in [3.63, 3.8) is 0 Å². The summed E-state index contributed by atoms with van der Waals surface area (Å²) in [5, 5.41) is 37.7. The van der Waals surface area contributed by atoms with Crippen molar-refractivity contribution in [2.45, 2.75) is 70.2 Å². The average Bonchev–Trinajstić information content (AvgIpc) is 3.17. The van der Waals surface area contributed by atoms with E-state index in [1.54, 1.807) is 20.8 Å². The molecule has 2 heterocycles. The first-order valence-electron chi connectivity index (χ1n) is 10.2. The zero-order valence-corrected chi connectivity index (χ0v) is 19.5. The number of aliphatic hydroxyl groups is 3. The summed E-state index contributed by atoms with van der Waals surface area (Å²) in [6, 6.07) is 0. The molecule has 3 unspecified atom stereocenters. The lowest BCUT2D eigenvalue weighted by Crippen LogP contribution is -2.36. The number of aromatic nitrogens is 4. The number of nitrogens with zero attached hydrogens (tertiary/aromatic N) is 4. The molecule has 2 aromatic heterocycles. The molecule has 0 aliphatic carbocycles. The lowest BCUT2D eigenvalue weighted by molar-refractivity contribution is -0.894. The van der Waals surface area contributed by atoms with Crippen LogP contribution in [0.3, 0.4) is 0 Å². The predicted molar refractivity (Wildman–Crippen MR) is 113 cm³/mol. The number of ether oxygens (including phenoxy) is 1. The fraction of sp³-hybridized carbons (Fsp3) is 0.722. The highest BCUT2D eigenvalue weighted by molar-refractivity contribution is 7.54. The monoisotopic (exact) mass is 478 g/mol. The van der Waals surface area contributed by atoms with Crippen molar-refractivity contribution in [3.05, 3.63) is 12.7 Å². The molecule has 2 rings (SSSR count). The summed E-state index contributed by atoms with van der Waals surface area (Å²) >= 11 is 0. The summed E-state index contributed by atoms with van der Waals surface area (Å²) in [6.07, 6.45) is 0.395.